The van der Waals surface area contributed by atoms with Crippen LogP contribution in [0.4, 0.5) is 5.95 Å². The lowest BCUT2D eigenvalue weighted by atomic mass is 10.1. The molecule has 0 bridgehead atoms. The van der Waals surface area contributed by atoms with Crippen LogP contribution in [0.5, 0.6) is 0 Å². The number of H-pyrrole nitrogens is 1. The topological polar surface area (TPSA) is 142 Å². The van der Waals surface area contributed by atoms with Crippen LogP contribution in [0.25, 0.3) is 11.2 Å². The Bertz CT molecular complexity index is 701. The third-order valence-corrected chi connectivity index (χ3v) is 3.54. The summed E-state index contributed by atoms with van der Waals surface area (Å²) in [6.45, 7) is -0.402. The molecule has 2 aromatic heterocycles. The smallest absolute Gasteiger partial charge is 0.200 e. The zero-order valence-corrected chi connectivity index (χ0v) is 11.0. The van der Waals surface area contributed by atoms with Gasteiger partial charge in [0.05, 0.1) is 12.9 Å². The molecule has 10 heteroatoms. The predicted molar refractivity (Wildman–Crippen MR) is 70.1 cm³/mol. The van der Waals surface area contributed by atoms with Gasteiger partial charge in [0, 0.05) is 0 Å². The monoisotopic (exact) mass is 299 g/mol. The van der Waals surface area contributed by atoms with E-state index in [1.165, 1.54) is 10.9 Å². The first-order chi connectivity index (χ1) is 9.52. The molecule has 4 atom stereocenters. The molecule has 0 amide bonds. The Morgan fingerprint density at radius 2 is 2.20 bits per heavy atom. The van der Waals surface area contributed by atoms with Crippen LogP contribution < -0.4 is 5.73 Å². The molecule has 0 aliphatic carbocycles. The predicted octanol–water partition coefficient (Wildman–Crippen LogP) is -1.32. The van der Waals surface area contributed by atoms with Gasteiger partial charge in [-0.2, -0.15) is 0 Å². The number of hydrogen-bond acceptors (Lipinski definition) is 8. The lowest BCUT2D eigenvalue weighted by Gasteiger charge is -2.16. The molecule has 3 rings (SSSR count). The Morgan fingerprint density at radius 3 is 2.85 bits per heavy atom. The fourth-order valence-electron chi connectivity index (χ4n) is 2.26. The fourth-order valence-corrected chi connectivity index (χ4v) is 2.50. The highest BCUT2D eigenvalue weighted by molar-refractivity contribution is 7.71. The maximum atomic E-state index is 10.0. The molecule has 1 fully saturated rings. The number of rotatable bonds is 2. The number of nitrogens with one attached hydrogen (secondary N) is 1. The van der Waals surface area contributed by atoms with Gasteiger partial charge in [0.25, 0.3) is 0 Å². The van der Waals surface area contributed by atoms with E-state index in [9.17, 15) is 10.2 Å². The second-order valence-electron chi connectivity index (χ2n) is 4.51. The molecule has 1 aliphatic rings. The van der Waals surface area contributed by atoms with Crippen molar-refractivity contribution in [3.8, 4) is 0 Å². The van der Waals surface area contributed by atoms with Crippen LogP contribution in [0.3, 0.4) is 0 Å². The minimum Gasteiger partial charge on any atom is -0.394 e. The molecule has 9 nitrogen and oxygen atoms in total. The van der Waals surface area contributed by atoms with Gasteiger partial charge in [-0.05, 0) is 0 Å². The van der Waals surface area contributed by atoms with Crippen molar-refractivity contribution in [2.24, 2.45) is 0 Å². The van der Waals surface area contributed by atoms with Crippen LogP contribution in [0, 0.1) is 4.64 Å². The maximum Gasteiger partial charge on any atom is 0.200 e. The molecule has 0 unspecified atom stereocenters. The SMILES string of the molecule is Nc1nc(=S)c2ncn([C@@H]3O[C@H](CO)[C@@H](O)[C@@H]3O)c2[nH]1. The van der Waals surface area contributed by atoms with Gasteiger partial charge in [-0.1, -0.05) is 12.2 Å². The summed E-state index contributed by atoms with van der Waals surface area (Å²) in [5.41, 5.74) is 6.44. The number of ether oxygens (including phenoxy) is 1. The second-order valence-corrected chi connectivity index (χ2v) is 4.89. The molecule has 0 aromatic carbocycles. The van der Waals surface area contributed by atoms with Gasteiger partial charge in [-0.3, -0.25) is 4.57 Å². The summed E-state index contributed by atoms with van der Waals surface area (Å²) in [5, 5.41) is 28.9. The Hall–Kier alpha value is -1.59. The van der Waals surface area contributed by atoms with E-state index in [1.54, 1.807) is 0 Å². The summed E-state index contributed by atoms with van der Waals surface area (Å²) in [6, 6.07) is 0. The van der Waals surface area contributed by atoms with Gasteiger partial charge in [-0.15, -0.1) is 0 Å². The first-order valence-corrected chi connectivity index (χ1v) is 6.28. The molecule has 20 heavy (non-hydrogen) atoms. The number of anilines is 1. The Morgan fingerprint density at radius 1 is 1.45 bits per heavy atom. The van der Waals surface area contributed by atoms with Crippen LogP contribution in [-0.2, 0) is 4.74 Å². The van der Waals surface area contributed by atoms with Gasteiger partial charge in [0.1, 0.15) is 29.5 Å². The van der Waals surface area contributed by atoms with Crippen molar-refractivity contribution in [2.75, 3.05) is 12.3 Å². The number of aliphatic hydroxyl groups is 3. The molecule has 3 heterocycles. The highest BCUT2D eigenvalue weighted by Gasteiger charge is 2.43. The zero-order chi connectivity index (χ0) is 14.4. The van der Waals surface area contributed by atoms with Crippen molar-refractivity contribution < 1.29 is 20.1 Å². The van der Waals surface area contributed by atoms with E-state index >= 15 is 0 Å². The molecular formula is C10H13N5O4S. The van der Waals surface area contributed by atoms with Crippen molar-refractivity contribution in [1.82, 2.24) is 19.5 Å². The van der Waals surface area contributed by atoms with Crippen LogP contribution in [0.2, 0.25) is 0 Å². The van der Waals surface area contributed by atoms with E-state index in [-0.39, 0.29) is 10.6 Å². The number of aromatic amines is 1. The minimum absolute atomic E-state index is 0.107. The largest absolute Gasteiger partial charge is 0.394 e. The molecule has 6 N–H and O–H groups in total. The average molecular weight is 299 g/mol. The van der Waals surface area contributed by atoms with Gasteiger partial charge < -0.3 is 30.8 Å². The third kappa shape index (κ3) is 1.89. The Labute approximate surface area is 117 Å². The first-order valence-electron chi connectivity index (χ1n) is 5.87. The Balaban J connectivity index is 2.09. The zero-order valence-electron chi connectivity index (χ0n) is 10.2. The fraction of sp³-hybridized carbons (Fsp3) is 0.500. The third-order valence-electron chi connectivity index (χ3n) is 3.26. The summed E-state index contributed by atoms with van der Waals surface area (Å²) in [4.78, 5) is 10.8. The van der Waals surface area contributed by atoms with Gasteiger partial charge in [-0.25, -0.2) is 9.97 Å². The first kappa shape index (κ1) is 13.4. The van der Waals surface area contributed by atoms with Crippen molar-refractivity contribution in [2.45, 2.75) is 24.5 Å². The summed E-state index contributed by atoms with van der Waals surface area (Å²) in [5.74, 6) is 0.107. The molecule has 1 aliphatic heterocycles. The number of aliphatic hydroxyl groups excluding tert-OH is 3. The molecule has 2 aromatic rings. The average Bonchev–Trinajstić information content (AvgIpc) is 2.93. The van der Waals surface area contributed by atoms with Crippen molar-refractivity contribution in [1.29, 1.82) is 0 Å². The molecule has 0 saturated carbocycles. The summed E-state index contributed by atoms with van der Waals surface area (Å²) in [7, 11) is 0. The van der Waals surface area contributed by atoms with Crippen molar-refractivity contribution in [3.05, 3.63) is 11.0 Å². The number of nitrogens with zero attached hydrogens (tertiary/aromatic N) is 3. The van der Waals surface area contributed by atoms with Gasteiger partial charge >= 0.3 is 0 Å². The number of fused-ring (bicyclic) bond motifs is 1. The van der Waals surface area contributed by atoms with E-state index in [4.69, 9.17) is 27.8 Å². The maximum absolute atomic E-state index is 10.0. The van der Waals surface area contributed by atoms with E-state index < -0.39 is 31.1 Å². The summed E-state index contributed by atoms with van der Waals surface area (Å²) >= 11 is 5.05. The standard InChI is InChI=1S/C10H13N5O4S/c11-10-13-7-4(8(20)14-10)12-2-15(7)9-6(18)5(17)3(1-16)19-9/h2-3,5-6,9,16-18H,1H2,(H3,11,13,14,20)/t3-,5-,6+,9-/m1/s1. The highest BCUT2D eigenvalue weighted by Crippen LogP contribution is 2.31. The number of imidazole rings is 1. The molecule has 108 valence electrons. The minimum atomic E-state index is -1.21. The van der Waals surface area contributed by atoms with Crippen LogP contribution in [0.15, 0.2) is 6.33 Å². The number of aromatic nitrogens is 4. The number of nitrogens with two attached hydrogens (primary N) is 1. The normalized spacial score (nSPS) is 30.1. The lowest BCUT2D eigenvalue weighted by molar-refractivity contribution is -0.0511. The number of hydrogen-bond donors (Lipinski definition) is 5. The molecule has 0 spiro atoms. The summed E-state index contributed by atoms with van der Waals surface area (Å²) < 4.78 is 7.11. The van der Waals surface area contributed by atoms with E-state index in [2.05, 4.69) is 15.0 Å². The molecule has 1 saturated heterocycles. The van der Waals surface area contributed by atoms with Gasteiger partial charge in [0.15, 0.2) is 16.8 Å². The highest BCUT2D eigenvalue weighted by atomic mass is 32.1. The summed E-state index contributed by atoms with van der Waals surface area (Å²) in [6.07, 6.45) is -2.77. The quantitative estimate of drug-likeness (QED) is 0.430. The van der Waals surface area contributed by atoms with Crippen molar-refractivity contribution in [3.63, 3.8) is 0 Å². The molecule has 0 radical (unpaired) electrons. The van der Waals surface area contributed by atoms with E-state index in [1.807, 2.05) is 0 Å². The van der Waals surface area contributed by atoms with Crippen LogP contribution in [0.1, 0.15) is 6.23 Å². The number of nitrogen functional groups attached to an aromatic ring is 1. The second kappa shape index (κ2) is 4.75. The van der Waals surface area contributed by atoms with E-state index in [0.717, 1.165) is 0 Å². The molecular weight excluding hydrogens is 286 g/mol. The van der Waals surface area contributed by atoms with Crippen LogP contribution >= 0.6 is 12.2 Å². The van der Waals surface area contributed by atoms with E-state index in [0.29, 0.717) is 11.2 Å². The van der Waals surface area contributed by atoms with Crippen molar-refractivity contribution >= 4 is 29.3 Å². The lowest BCUT2D eigenvalue weighted by Crippen LogP contribution is -2.33. The Kier molecular flexibility index (Phi) is 3.18. The van der Waals surface area contributed by atoms with Gasteiger partial charge in [0.2, 0.25) is 0 Å². The van der Waals surface area contributed by atoms with Crippen LogP contribution in [-0.4, -0.2) is 59.8 Å².